The summed E-state index contributed by atoms with van der Waals surface area (Å²) in [5.74, 6) is -0.0199. The molecule has 8 heteroatoms. The molecule has 1 N–H and O–H groups in total. The first-order valence-electron chi connectivity index (χ1n) is 13.0. The average Bonchev–Trinajstić information content (AvgIpc) is 3.41. The molecular formula is C26H38N4O3S. The summed E-state index contributed by atoms with van der Waals surface area (Å²) in [4.78, 5) is 33.2. The quantitative estimate of drug-likeness (QED) is 0.649. The second kappa shape index (κ2) is 9.99. The van der Waals surface area contributed by atoms with Gasteiger partial charge in [-0.3, -0.25) is 14.5 Å². The Hall–Kier alpha value is -1.90. The molecule has 1 saturated heterocycles. The number of morpholine rings is 1. The molecule has 0 radical (unpaired) electrons. The second-order valence-corrected chi connectivity index (χ2v) is 11.4. The minimum Gasteiger partial charge on any atom is -0.379 e. The first-order valence-corrected chi connectivity index (χ1v) is 13.9. The van der Waals surface area contributed by atoms with Gasteiger partial charge in [-0.1, -0.05) is 26.2 Å². The lowest BCUT2D eigenvalue weighted by Gasteiger charge is -2.45. The van der Waals surface area contributed by atoms with Crippen LogP contribution in [0.5, 0.6) is 0 Å². The van der Waals surface area contributed by atoms with Crippen LogP contribution in [0.4, 0.5) is 0 Å². The Labute approximate surface area is 206 Å². The molecule has 1 unspecified atom stereocenters. The number of nitrogens with zero attached hydrogens (tertiary/aromatic N) is 3. The number of aromatic nitrogens is 1. The number of fused-ring (bicyclic) bond motifs is 3. The number of amides is 2. The highest BCUT2D eigenvalue weighted by Crippen LogP contribution is 2.36. The zero-order chi connectivity index (χ0) is 23.7. The molecule has 2 aromatic heterocycles. The summed E-state index contributed by atoms with van der Waals surface area (Å²) in [5.41, 5.74) is 0.917. The minimum atomic E-state index is -0.896. The van der Waals surface area contributed by atoms with Crippen molar-refractivity contribution in [1.82, 2.24) is 19.7 Å². The van der Waals surface area contributed by atoms with E-state index in [-0.39, 0.29) is 17.9 Å². The van der Waals surface area contributed by atoms with E-state index < -0.39 is 5.54 Å². The van der Waals surface area contributed by atoms with Crippen LogP contribution in [0.3, 0.4) is 0 Å². The van der Waals surface area contributed by atoms with Crippen LogP contribution in [0.1, 0.15) is 67.7 Å². The summed E-state index contributed by atoms with van der Waals surface area (Å²) < 4.78 is 8.71. The van der Waals surface area contributed by atoms with Gasteiger partial charge in [-0.05, 0) is 44.7 Å². The van der Waals surface area contributed by atoms with Gasteiger partial charge in [-0.15, -0.1) is 11.3 Å². The summed E-state index contributed by atoms with van der Waals surface area (Å²) >= 11 is 1.76. The highest BCUT2D eigenvalue weighted by atomic mass is 32.1. The number of thiophene rings is 1. The lowest BCUT2D eigenvalue weighted by molar-refractivity contribution is -0.133. The average molecular weight is 487 g/mol. The first-order chi connectivity index (χ1) is 16.5. The normalized spacial score (nSPS) is 24.5. The molecule has 1 saturated carbocycles. The van der Waals surface area contributed by atoms with Crippen LogP contribution < -0.4 is 5.32 Å². The summed E-state index contributed by atoms with van der Waals surface area (Å²) in [6, 6.07) is 4.46. The Morgan fingerprint density at radius 1 is 1.18 bits per heavy atom. The van der Waals surface area contributed by atoms with Crippen molar-refractivity contribution in [1.29, 1.82) is 0 Å². The summed E-state index contributed by atoms with van der Waals surface area (Å²) in [7, 11) is 0. The largest absolute Gasteiger partial charge is 0.379 e. The van der Waals surface area contributed by atoms with Crippen molar-refractivity contribution in [2.75, 3.05) is 39.4 Å². The van der Waals surface area contributed by atoms with Crippen molar-refractivity contribution in [3.8, 4) is 0 Å². The number of nitrogens with one attached hydrogen (secondary N) is 1. The molecule has 0 spiro atoms. The van der Waals surface area contributed by atoms with Crippen molar-refractivity contribution in [2.24, 2.45) is 0 Å². The van der Waals surface area contributed by atoms with Gasteiger partial charge in [0.2, 0.25) is 5.91 Å². The number of hydrogen-bond donors (Lipinski definition) is 1. The molecule has 2 amide bonds. The van der Waals surface area contributed by atoms with E-state index in [9.17, 15) is 9.59 Å². The van der Waals surface area contributed by atoms with Gasteiger partial charge in [0.25, 0.3) is 5.91 Å². The Bertz CT molecular complexity index is 1030. The van der Waals surface area contributed by atoms with E-state index >= 15 is 0 Å². The van der Waals surface area contributed by atoms with Gasteiger partial charge in [-0.25, -0.2) is 0 Å². The third-order valence-corrected chi connectivity index (χ3v) is 9.12. The molecular weight excluding hydrogens is 448 g/mol. The van der Waals surface area contributed by atoms with E-state index in [1.807, 2.05) is 17.9 Å². The fourth-order valence-electron chi connectivity index (χ4n) is 5.78. The molecule has 1 aliphatic carbocycles. The maximum Gasteiger partial charge on any atom is 0.271 e. The number of aryl methyl sites for hydroxylation is 1. The van der Waals surface area contributed by atoms with Crippen molar-refractivity contribution in [3.05, 3.63) is 22.7 Å². The molecule has 1 atom stereocenters. The molecule has 2 aliphatic heterocycles. The molecule has 3 aliphatic rings. The highest BCUT2D eigenvalue weighted by Gasteiger charge is 2.48. The Morgan fingerprint density at radius 2 is 1.94 bits per heavy atom. The summed E-state index contributed by atoms with van der Waals surface area (Å²) in [5, 5.41) is 3.34. The number of carbonyl (C=O) groups excluding carboxylic acids is 2. The predicted octanol–water partition coefficient (Wildman–Crippen LogP) is 3.65. The maximum atomic E-state index is 13.8. The van der Waals surface area contributed by atoms with E-state index in [2.05, 4.69) is 27.8 Å². The topological polar surface area (TPSA) is 66.8 Å². The van der Waals surface area contributed by atoms with Crippen LogP contribution in [0.2, 0.25) is 0 Å². The maximum absolute atomic E-state index is 13.8. The fourth-order valence-corrected chi connectivity index (χ4v) is 6.82. The molecule has 186 valence electrons. The predicted molar refractivity (Wildman–Crippen MR) is 136 cm³/mol. The van der Waals surface area contributed by atoms with Crippen LogP contribution in [0.15, 0.2) is 12.1 Å². The van der Waals surface area contributed by atoms with E-state index in [0.29, 0.717) is 13.1 Å². The van der Waals surface area contributed by atoms with E-state index in [0.717, 1.165) is 74.4 Å². The van der Waals surface area contributed by atoms with Crippen molar-refractivity contribution >= 4 is 33.4 Å². The number of rotatable bonds is 7. The van der Waals surface area contributed by atoms with Gasteiger partial charge in [0.05, 0.1) is 30.0 Å². The molecule has 2 aromatic rings. The van der Waals surface area contributed by atoms with Crippen molar-refractivity contribution in [2.45, 2.75) is 76.9 Å². The van der Waals surface area contributed by atoms with E-state index in [4.69, 9.17) is 4.74 Å². The van der Waals surface area contributed by atoms with Crippen molar-refractivity contribution < 1.29 is 14.3 Å². The Morgan fingerprint density at radius 3 is 2.68 bits per heavy atom. The van der Waals surface area contributed by atoms with E-state index in [1.165, 1.54) is 24.1 Å². The van der Waals surface area contributed by atoms with Gasteiger partial charge in [0, 0.05) is 37.1 Å². The summed E-state index contributed by atoms with van der Waals surface area (Å²) in [6.07, 6.45) is 7.50. The third-order valence-electron chi connectivity index (χ3n) is 7.90. The monoisotopic (exact) mass is 486 g/mol. The lowest BCUT2D eigenvalue weighted by atomic mass is 9.91. The lowest BCUT2D eigenvalue weighted by Crippen LogP contribution is -2.65. The number of hydrogen-bond acceptors (Lipinski definition) is 5. The fraction of sp³-hybridized carbons (Fsp3) is 0.692. The zero-order valence-electron chi connectivity index (χ0n) is 20.6. The number of carbonyl (C=O) groups is 2. The molecule has 34 heavy (non-hydrogen) atoms. The van der Waals surface area contributed by atoms with Crippen LogP contribution in [0.25, 0.3) is 10.2 Å². The van der Waals surface area contributed by atoms with Crippen LogP contribution >= 0.6 is 11.3 Å². The highest BCUT2D eigenvalue weighted by molar-refractivity contribution is 7.19. The summed E-state index contributed by atoms with van der Waals surface area (Å²) in [6.45, 7) is 9.56. The van der Waals surface area contributed by atoms with Gasteiger partial charge in [0.15, 0.2) is 0 Å². The molecule has 2 fully saturated rings. The van der Waals surface area contributed by atoms with Crippen molar-refractivity contribution in [3.63, 3.8) is 0 Å². The molecule has 5 rings (SSSR count). The minimum absolute atomic E-state index is 0.00225. The Kier molecular flexibility index (Phi) is 7.00. The standard InChI is InChI=1S/C26H38N4O3S/c1-3-20-16-21-23(34-20)17-22-24(31)30(11-7-10-28-12-14-33-15-13-28)26(2,18-29(21)22)25(32)27-19-8-5-4-6-9-19/h16-17,19H,3-15,18H2,1-2H3,(H,27,32). The molecule has 0 aromatic carbocycles. The Balaban J connectivity index is 1.40. The SMILES string of the molecule is CCc1cc2c(cc3n2CC(C)(C(=O)NC2CCCCC2)N(CCCN2CCOCC2)C3=O)s1. The first kappa shape index (κ1) is 23.8. The van der Waals surface area contributed by atoms with Gasteiger partial charge in [0.1, 0.15) is 11.2 Å². The zero-order valence-corrected chi connectivity index (χ0v) is 21.4. The smallest absolute Gasteiger partial charge is 0.271 e. The van der Waals surface area contributed by atoms with Gasteiger partial charge in [-0.2, -0.15) is 0 Å². The third kappa shape index (κ3) is 4.52. The van der Waals surface area contributed by atoms with Gasteiger partial charge >= 0.3 is 0 Å². The molecule has 4 heterocycles. The van der Waals surface area contributed by atoms with Gasteiger partial charge < -0.3 is 19.5 Å². The van der Waals surface area contributed by atoms with Crippen LogP contribution in [-0.2, 0) is 22.5 Å². The molecule has 7 nitrogen and oxygen atoms in total. The van der Waals surface area contributed by atoms with Crippen LogP contribution in [0, 0.1) is 0 Å². The molecule has 0 bridgehead atoms. The van der Waals surface area contributed by atoms with E-state index in [1.54, 1.807) is 11.3 Å². The number of ether oxygens (including phenoxy) is 1. The second-order valence-electron chi connectivity index (χ2n) is 10.3. The van der Waals surface area contributed by atoms with Crippen LogP contribution in [-0.4, -0.2) is 77.2 Å².